The number of amides is 8. The number of carbonyl (C=O) groups excluding carboxylic acids is 8. The molecular formula is C54H103N11O22. The van der Waals surface area contributed by atoms with Crippen molar-refractivity contribution in [2.24, 2.45) is 0 Å². The summed E-state index contributed by atoms with van der Waals surface area (Å²) < 4.78 is 65.7. The fourth-order valence-electron chi connectivity index (χ4n) is 6.91. The monoisotopic (exact) mass is 1260 g/mol. The smallest absolute Gasteiger partial charge is 0.317 e. The lowest BCUT2D eigenvalue weighted by Crippen LogP contribution is -2.49. The first-order valence-electron chi connectivity index (χ1n) is 29.4. The Balaban J connectivity index is 5.53. The molecule has 506 valence electrons. The van der Waals surface area contributed by atoms with Crippen LogP contribution in [0.25, 0.3) is 0 Å². The molecule has 0 saturated heterocycles. The highest BCUT2D eigenvalue weighted by atomic mass is 16.6. The standard InChI is InChI=1S/C54H103N11O22/c1-46(66)55-5-17-76-25-33-84-37-29-80-21-9-59-50(70)41-64(42-51(71)60-10-22-81-30-38-85-34-26-77-18-6-56-47(2)67)15-13-63(45-54(74)75)14-16-65(43-52(72)61-11-23-82-31-39-86-35-27-78-19-7-57-48(3)68)44-53(73)62-12-24-83-32-40-87-36-28-79-20-8-58-49(4)69/h5-45H2,1-4H3,(H,55,66)(H,56,67)(H,57,68)(H,58,69)(H,59,70)(H,60,71)(H,61,72)(H,62,73)(H,74,75). The number of carboxylic acid groups (broad SMARTS) is 1. The lowest BCUT2D eigenvalue weighted by atomic mass is 10.3. The van der Waals surface area contributed by atoms with E-state index >= 15 is 0 Å². The maximum absolute atomic E-state index is 13.2. The van der Waals surface area contributed by atoms with Crippen LogP contribution in [0.5, 0.6) is 0 Å². The summed E-state index contributed by atoms with van der Waals surface area (Å²) in [5, 5.41) is 31.6. The molecule has 0 radical (unpaired) electrons. The van der Waals surface area contributed by atoms with Crippen LogP contribution in [0.1, 0.15) is 27.7 Å². The normalized spacial score (nSPS) is 11.2. The van der Waals surface area contributed by atoms with Gasteiger partial charge < -0.3 is 104 Å². The van der Waals surface area contributed by atoms with Crippen molar-refractivity contribution in [2.45, 2.75) is 27.7 Å². The fourth-order valence-corrected chi connectivity index (χ4v) is 6.91. The van der Waals surface area contributed by atoms with E-state index in [1.165, 1.54) is 27.7 Å². The van der Waals surface area contributed by atoms with E-state index in [0.29, 0.717) is 132 Å². The van der Waals surface area contributed by atoms with E-state index in [9.17, 15) is 48.3 Å². The van der Waals surface area contributed by atoms with Crippen LogP contribution in [0.15, 0.2) is 0 Å². The van der Waals surface area contributed by atoms with Crippen molar-refractivity contribution >= 4 is 53.2 Å². The van der Waals surface area contributed by atoms with Crippen molar-refractivity contribution in [3.05, 3.63) is 0 Å². The first-order chi connectivity index (χ1) is 42.1. The lowest BCUT2D eigenvalue weighted by molar-refractivity contribution is -0.139. The van der Waals surface area contributed by atoms with Crippen molar-refractivity contribution in [3.63, 3.8) is 0 Å². The first kappa shape index (κ1) is 81.6. The molecule has 0 heterocycles. The summed E-state index contributed by atoms with van der Waals surface area (Å²) in [5.41, 5.74) is 0. The van der Waals surface area contributed by atoms with Gasteiger partial charge in [-0.1, -0.05) is 0 Å². The van der Waals surface area contributed by atoms with Gasteiger partial charge in [-0.15, -0.1) is 0 Å². The average Bonchev–Trinajstić information content (AvgIpc) is 3.55. The number of nitrogens with zero attached hydrogens (tertiary/aromatic N) is 3. The molecule has 0 rings (SSSR count). The zero-order valence-corrected chi connectivity index (χ0v) is 51.9. The van der Waals surface area contributed by atoms with Gasteiger partial charge in [0.05, 0.1) is 191 Å². The number of carboxylic acids is 1. The van der Waals surface area contributed by atoms with E-state index in [2.05, 4.69) is 42.5 Å². The Kier molecular flexibility index (Phi) is 57.1. The van der Waals surface area contributed by atoms with E-state index < -0.39 is 36.1 Å². The van der Waals surface area contributed by atoms with E-state index in [-0.39, 0.29) is 155 Å². The molecule has 0 aliphatic rings. The van der Waals surface area contributed by atoms with Gasteiger partial charge >= 0.3 is 5.97 Å². The maximum Gasteiger partial charge on any atom is 0.317 e. The number of rotatable bonds is 64. The van der Waals surface area contributed by atoms with Crippen LogP contribution in [0, 0.1) is 0 Å². The van der Waals surface area contributed by atoms with E-state index in [1.807, 2.05) is 0 Å². The molecular weight excluding hydrogens is 1150 g/mol. The molecule has 0 fully saturated rings. The molecule has 0 bridgehead atoms. The molecule has 0 aromatic heterocycles. The summed E-state index contributed by atoms with van der Waals surface area (Å²) in [6.45, 7) is 14.0. The predicted octanol–water partition coefficient (Wildman–Crippen LogP) is -5.81. The Morgan fingerprint density at radius 2 is 0.402 bits per heavy atom. The number of aliphatic carboxylic acids is 1. The first-order valence-corrected chi connectivity index (χ1v) is 29.4. The van der Waals surface area contributed by atoms with Crippen LogP contribution >= 0.6 is 0 Å². The van der Waals surface area contributed by atoms with Crippen molar-refractivity contribution in [2.75, 3.05) is 270 Å². The summed E-state index contributed by atoms with van der Waals surface area (Å²) in [7, 11) is 0. The predicted molar refractivity (Wildman–Crippen MR) is 314 cm³/mol. The van der Waals surface area contributed by atoms with Crippen LogP contribution in [0.4, 0.5) is 0 Å². The molecule has 0 unspecified atom stereocenters. The average molecular weight is 1260 g/mol. The Bertz CT molecular complexity index is 1580. The second kappa shape index (κ2) is 60.9. The van der Waals surface area contributed by atoms with Gasteiger partial charge in [0.25, 0.3) is 0 Å². The fraction of sp³-hybridized carbons (Fsp3) is 0.833. The molecule has 8 amide bonds. The minimum atomic E-state index is -1.15. The van der Waals surface area contributed by atoms with Gasteiger partial charge in [-0.05, 0) is 0 Å². The zero-order valence-electron chi connectivity index (χ0n) is 51.9. The largest absolute Gasteiger partial charge is 0.480 e. The molecule has 0 atom stereocenters. The third-order valence-electron chi connectivity index (χ3n) is 11.0. The van der Waals surface area contributed by atoms with Crippen LogP contribution in [0.3, 0.4) is 0 Å². The minimum Gasteiger partial charge on any atom is -0.480 e. The molecule has 0 aliphatic heterocycles. The summed E-state index contributed by atoms with van der Waals surface area (Å²) in [6, 6.07) is 0. The van der Waals surface area contributed by atoms with Crippen LogP contribution in [-0.4, -0.2) is 343 Å². The van der Waals surface area contributed by atoms with Crippen LogP contribution in [0.2, 0.25) is 0 Å². The Morgan fingerprint density at radius 1 is 0.241 bits per heavy atom. The number of nitrogens with one attached hydrogen (secondary N) is 8. The van der Waals surface area contributed by atoms with Crippen molar-refractivity contribution in [1.82, 2.24) is 57.2 Å². The zero-order chi connectivity index (χ0) is 64.1. The number of carbonyl (C=O) groups is 9. The second-order valence-electron chi connectivity index (χ2n) is 18.8. The third-order valence-corrected chi connectivity index (χ3v) is 11.0. The second-order valence-corrected chi connectivity index (χ2v) is 18.8. The molecule has 0 aromatic carbocycles. The van der Waals surface area contributed by atoms with E-state index in [0.717, 1.165) is 0 Å². The van der Waals surface area contributed by atoms with Crippen molar-refractivity contribution in [3.8, 4) is 0 Å². The molecule has 0 spiro atoms. The number of hydrogen-bond acceptors (Lipinski definition) is 24. The highest BCUT2D eigenvalue weighted by molar-refractivity contribution is 5.82. The molecule has 33 nitrogen and oxygen atoms in total. The topological polar surface area (TPSA) is 391 Å². The third kappa shape index (κ3) is 63.5. The molecule has 87 heavy (non-hydrogen) atoms. The van der Waals surface area contributed by atoms with Crippen LogP contribution in [-0.2, 0) is 100.0 Å². The molecule has 33 heteroatoms. The molecule has 9 N–H and O–H groups in total. The quantitative estimate of drug-likeness (QED) is 0.0256. The van der Waals surface area contributed by atoms with Gasteiger partial charge in [-0.25, -0.2) is 0 Å². The number of ether oxygens (including phenoxy) is 12. The van der Waals surface area contributed by atoms with E-state index in [4.69, 9.17) is 56.8 Å². The molecule has 0 aliphatic carbocycles. The highest BCUT2D eigenvalue weighted by Gasteiger charge is 2.21. The Morgan fingerprint density at radius 3 is 0.575 bits per heavy atom. The SMILES string of the molecule is CC(=O)NCCOCCOCCOCCNC(=O)CN(CCN(CCN(CC(=O)NCCOCCOCCOCCNC(C)=O)CC(=O)NCCOCCOCCOCCNC(C)=O)CC(=O)O)CC(=O)NCCOCCOCCOCCNC(C)=O. The van der Waals surface area contributed by atoms with Gasteiger partial charge in [0.2, 0.25) is 47.3 Å². The summed E-state index contributed by atoms with van der Waals surface area (Å²) in [5.74, 6) is -3.36. The highest BCUT2D eigenvalue weighted by Crippen LogP contribution is 1.99. The maximum atomic E-state index is 13.2. The van der Waals surface area contributed by atoms with E-state index in [1.54, 1.807) is 14.7 Å². The van der Waals surface area contributed by atoms with Gasteiger partial charge in [0.15, 0.2) is 0 Å². The van der Waals surface area contributed by atoms with Crippen LogP contribution < -0.4 is 42.5 Å². The van der Waals surface area contributed by atoms with Gasteiger partial charge in [0, 0.05) is 106 Å². The molecule has 0 saturated carbocycles. The van der Waals surface area contributed by atoms with Gasteiger partial charge in [0.1, 0.15) is 0 Å². The summed E-state index contributed by atoms with van der Waals surface area (Å²) in [6.07, 6.45) is 0. The summed E-state index contributed by atoms with van der Waals surface area (Å²) >= 11 is 0. The van der Waals surface area contributed by atoms with Crippen molar-refractivity contribution in [1.29, 1.82) is 0 Å². The number of hydrogen-bond donors (Lipinski definition) is 9. The summed E-state index contributed by atoms with van der Waals surface area (Å²) in [4.78, 5) is 114. The van der Waals surface area contributed by atoms with Gasteiger partial charge in [-0.3, -0.25) is 57.9 Å². The minimum absolute atomic E-state index is 0.0716. The lowest BCUT2D eigenvalue weighted by Gasteiger charge is -2.28. The molecule has 0 aromatic rings. The van der Waals surface area contributed by atoms with Crippen molar-refractivity contribution < 1.29 is 105 Å². The Labute approximate surface area is 511 Å². The van der Waals surface area contributed by atoms with Gasteiger partial charge in [-0.2, -0.15) is 0 Å². The Hall–Kier alpha value is -5.37.